The minimum absolute atomic E-state index is 0.0542. The van der Waals surface area contributed by atoms with Crippen molar-refractivity contribution in [3.05, 3.63) is 0 Å². The first-order chi connectivity index (χ1) is 7.49. The molecule has 0 heterocycles. The van der Waals surface area contributed by atoms with Gasteiger partial charge in [0.1, 0.15) is 6.73 Å². The lowest BCUT2D eigenvalue weighted by molar-refractivity contribution is 0.0325. The van der Waals surface area contributed by atoms with Crippen molar-refractivity contribution in [1.29, 1.82) is 0 Å². The molecule has 96 valence electrons. The average molecular weight is 230 g/mol. The van der Waals surface area contributed by atoms with Gasteiger partial charge in [0.2, 0.25) is 0 Å². The van der Waals surface area contributed by atoms with E-state index in [0.29, 0.717) is 13.3 Å². The second-order valence-electron chi connectivity index (χ2n) is 4.56. The van der Waals surface area contributed by atoms with E-state index in [4.69, 9.17) is 4.74 Å². The summed E-state index contributed by atoms with van der Waals surface area (Å²) in [4.78, 5) is 13.5. The van der Waals surface area contributed by atoms with Crippen molar-refractivity contribution < 1.29 is 9.53 Å². The predicted molar refractivity (Wildman–Crippen MR) is 66.4 cm³/mol. The first-order valence-electron chi connectivity index (χ1n) is 6.13. The summed E-state index contributed by atoms with van der Waals surface area (Å²) in [5.74, 6) is 0. The summed E-state index contributed by atoms with van der Waals surface area (Å²) >= 11 is 0. The standard InChI is InChI=1S/C12H26N2O2/c1-6-7-8-16-9-14(11(4)5)12(15)13-10(2)3/h10-11H,6-9H2,1-5H3,(H,13,15). The molecule has 0 fully saturated rings. The largest absolute Gasteiger partial charge is 0.361 e. The quantitative estimate of drug-likeness (QED) is 0.539. The molecule has 0 aliphatic rings. The van der Waals surface area contributed by atoms with Gasteiger partial charge in [0.25, 0.3) is 0 Å². The molecular formula is C12H26N2O2. The number of nitrogens with one attached hydrogen (secondary N) is 1. The number of amides is 2. The van der Waals surface area contributed by atoms with Crippen LogP contribution in [0.25, 0.3) is 0 Å². The first kappa shape index (κ1) is 15.2. The number of unbranched alkanes of at least 4 members (excludes halogenated alkanes) is 1. The summed E-state index contributed by atoms with van der Waals surface area (Å²) in [6, 6.07) is 0.256. The van der Waals surface area contributed by atoms with Crippen LogP contribution in [0.2, 0.25) is 0 Å². The zero-order valence-electron chi connectivity index (χ0n) is 11.2. The predicted octanol–water partition coefficient (Wildman–Crippen LogP) is 2.59. The Labute approximate surface area is 99.3 Å². The van der Waals surface area contributed by atoms with Crippen molar-refractivity contribution in [2.75, 3.05) is 13.3 Å². The van der Waals surface area contributed by atoms with Crippen LogP contribution in [-0.4, -0.2) is 36.4 Å². The van der Waals surface area contributed by atoms with Crippen LogP contribution in [0.3, 0.4) is 0 Å². The van der Waals surface area contributed by atoms with Gasteiger partial charge in [0.15, 0.2) is 0 Å². The molecule has 0 spiro atoms. The van der Waals surface area contributed by atoms with E-state index >= 15 is 0 Å². The third-order valence-electron chi connectivity index (χ3n) is 2.17. The van der Waals surface area contributed by atoms with Crippen molar-refractivity contribution in [2.45, 2.75) is 59.5 Å². The lowest BCUT2D eigenvalue weighted by Gasteiger charge is -2.27. The fourth-order valence-corrected chi connectivity index (χ4v) is 1.18. The van der Waals surface area contributed by atoms with Crippen molar-refractivity contribution in [2.24, 2.45) is 0 Å². The van der Waals surface area contributed by atoms with Gasteiger partial charge >= 0.3 is 6.03 Å². The summed E-state index contributed by atoms with van der Waals surface area (Å²) in [5.41, 5.74) is 0. The van der Waals surface area contributed by atoms with E-state index in [1.807, 2.05) is 27.7 Å². The minimum atomic E-state index is -0.0542. The monoisotopic (exact) mass is 230 g/mol. The van der Waals surface area contributed by atoms with Crippen LogP contribution < -0.4 is 5.32 Å². The molecule has 4 heteroatoms. The number of ether oxygens (including phenoxy) is 1. The molecule has 0 aromatic carbocycles. The fourth-order valence-electron chi connectivity index (χ4n) is 1.18. The fraction of sp³-hybridized carbons (Fsp3) is 0.917. The second kappa shape index (κ2) is 8.39. The molecule has 4 nitrogen and oxygen atoms in total. The number of hydrogen-bond donors (Lipinski definition) is 1. The Morgan fingerprint density at radius 2 is 1.94 bits per heavy atom. The molecule has 0 rings (SSSR count). The molecule has 0 unspecified atom stereocenters. The van der Waals surface area contributed by atoms with Crippen LogP contribution in [-0.2, 0) is 4.74 Å². The zero-order chi connectivity index (χ0) is 12.6. The molecule has 0 aliphatic heterocycles. The normalized spacial score (nSPS) is 10.9. The highest BCUT2D eigenvalue weighted by atomic mass is 16.5. The van der Waals surface area contributed by atoms with E-state index < -0.39 is 0 Å². The summed E-state index contributed by atoms with van der Waals surface area (Å²) in [6.45, 7) is 11.1. The van der Waals surface area contributed by atoms with E-state index in [0.717, 1.165) is 12.8 Å². The van der Waals surface area contributed by atoms with E-state index in [9.17, 15) is 4.79 Å². The van der Waals surface area contributed by atoms with E-state index in [2.05, 4.69) is 12.2 Å². The maximum absolute atomic E-state index is 11.8. The highest BCUT2D eigenvalue weighted by Crippen LogP contribution is 2.01. The smallest absolute Gasteiger partial charge is 0.319 e. The van der Waals surface area contributed by atoms with Crippen LogP contribution >= 0.6 is 0 Å². The molecule has 0 saturated carbocycles. The van der Waals surface area contributed by atoms with Crippen molar-refractivity contribution in [3.63, 3.8) is 0 Å². The first-order valence-corrected chi connectivity index (χ1v) is 6.13. The maximum atomic E-state index is 11.8. The molecule has 1 N–H and O–H groups in total. The molecule has 0 aliphatic carbocycles. The maximum Gasteiger partial charge on any atom is 0.319 e. The van der Waals surface area contributed by atoms with Gasteiger partial charge in [-0.2, -0.15) is 0 Å². The Morgan fingerprint density at radius 3 is 2.38 bits per heavy atom. The molecule has 0 atom stereocenters. The van der Waals surface area contributed by atoms with Crippen LogP contribution in [0.15, 0.2) is 0 Å². The number of nitrogens with zero attached hydrogens (tertiary/aromatic N) is 1. The SMILES string of the molecule is CCCCOCN(C(=O)NC(C)C)C(C)C. The molecule has 0 saturated heterocycles. The van der Waals surface area contributed by atoms with Gasteiger partial charge in [-0.15, -0.1) is 0 Å². The molecule has 0 aromatic heterocycles. The van der Waals surface area contributed by atoms with Gasteiger partial charge in [-0.25, -0.2) is 4.79 Å². The van der Waals surface area contributed by atoms with Crippen LogP contribution in [0, 0.1) is 0 Å². The third kappa shape index (κ3) is 6.67. The molecular weight excluding hydrogens is 204 g/mol. The molecule has 0 bridgehead atoms. The molecule has 16 heavy (non-hydrogen) atoms. The van der Waals surface area contributed by atoms with Gasteiger partial charge in [-0.05, 0) is 34.1 Å². The van der Waals surface area contributed by atoms with Gasteiger partial charge in [0, 0.05) is 18.7 Å². The highest BCUT2D eigenvalue weighted by molar-refractivity contribution is 5.74. The van der Waals surface area contributed by atoms with Gasteiger partial charge in [-0.3, -0.25) is 4.90 Å². The Kier molecular flexibility index (Phi) is 7.99. The Bertz CT molecular complexity index is 193. The lowest BCUT2D eigenvalue weighted by atomic mass is 10.3. The van der Waals surface area contributed by atoms with Crippen molar-refractivity contribution in [1.82, 2.24) is 10.2 Å². The summed E-state index contributed by atoms with van der Waals surface area (Å²) in [7, 11) is 0. The van der Waals surface area contributed by atoms with Crippen LogP contribution in [0.5, 0.6) is 0 Å². The lowest BCUT2D eigenvalue weighted by Crippen LogP contribution is -2.47. The highest BCUT2D eigenvalue weighted by Gasteiger charge is 2.17. The van der Waals surface area contributed by atoms with E-state index in [1.54, 1.807) is 4.90 Å². The third-order valence-corrected chi connectivity index (χ3v) is 2.17. The van der Waals surface area contributed by atoms with Gasteiger partial charge in [-0.1, -0.05) is 13.3 Å². The Hall–Kier alpha value is -0.770. The number of urea groups is 1. The summed E-state index contributed by atoms with van der Waals surface area (Å²) in [6.07, 6.45) is 2.15. The number of carbonyl (C=O) groups excluding carboxylic acids is 1. The minimum Gasteiger partial charge on any atom is -0.361 e. The van der Waals surface area contributed by atoms with E-state index in [1.165, 1.54) is 0 Å². The summed E-state index contributed by atoms with van der Waals surface area (Å²) in [5, 5.41) is 2.87. The van der Waals surface area contributed by atoms with Crippen molar-refractivity contribution >= 4 is 6.03 Å². The zero-order valence-corrected chi connectivity index (χ0v) is 11.2. The number of rotatable bonds is 7. The van der Waals surface area contributed by atoms with Crippen LogP contribution in [0.1, 0.15) is 47.5 Å². The molecule has 0 radical (unpaired) electrons. The van der Waals surface area contributed by atoms with Crippen molar-refractivity contribution in [3.8, 4) is 0 Å². The average Bonchev–Trinajstić information content (AvgIpc) is 2.15. The molecule has 0 aromatic rings. The Balaban J connectivity index is 4.01. The topological polar surface area (TPSA) is 41.6 Å². The van der Waals surface area contributed by atoms with E-state index in [-0.39, 0.29) is 18.1 Å². The number of hydrogen-bond acceptors (Lipinski definition) is 2. The second-order valence-corrected chi connectivity index (χ2v) is 4.56. The van der Waals surface area contributed by atoms with Gasteiger partial charge in [0.05, 0.1) is 0 Å². The van der Waals surface area contributed by atoms with Crippen LogP contribution in [0.4, 0.5) is 4.79 Å². The van der Waals surface area contributed by atoms with Gasteiger partial charge < -0.3 is 10.1 Å². The number of carbonyl (C=O) groups is 1. The molecule has 2 amide bonds. The summed E-state index contributed by atoms with van der Waals surface area (Å²) < 4.78 is 5.47. The Morgan fingerprint density at radius 1 is 1.31 bits per heavy atom.